The molecule has 1 unspecified atom stereocenters. The Morgan fingerprint density at radius 3 is 2.46 bits per heavy atom. The molecular formula is C25H21Cl2N3O7. The molecule has 1 atom stereocenters. The highest BCUT2D eigenvalue weighted by atomic mass is 35.5. The van der Waals surface area contributed by atoms with Crippen molar-refractivity contribution in [3.8, 4) is 17.2 Å². The third-order valence-corrected chi connectivity index (χ3v) is 5.29. The first-order valence-electron chi connectivity index (χ1n) is 10.9. The van der Waals surface area contributed by atoms with Gasteiger partial charge in [-0.25, -0.2) is 10.2 Å². The fourth-order valence-electron chi connectivity index (χ4n) is 2.93. The van der Waals surface area contributed by atoms with Crippen LogP contribution in [0, 0.1) is 10.1 Å². The molecule has 0 bridgehead atoms. The molecule has 12 heteroatoms. The van der Waals surface area contributed by atoms with Gasteiger partial charge in [0.25, 0.3) is 11.6 Å². The summed E-state index contributed by atoms with van der Waals surface area (Å²) in [6.45, 7) is 3.59. The van der Waals surface area contributed by atoms with Crippen LogP contribution in [0.25, 0.3) is 0 Å². The molecular weight excluding hydrogens is 525 g/mol. The van der Waals surface area contributed by atoms with E-state index in [4.69, 9.17) is 37.4 Å². The molecule has 3 aromatic rings. The summed E-state index contributed by atoms with van der Waals surface area (Å²) >= 11 is 12.0. The average molecular weight is 546 g/mol. The largest absolute Gasteiger partial charge is 0.490 e. The molecule has 0 fully saturated rings. The summed E-state index contributed by atoms with van der Waals surface area (Å²) in [6, 6.07) is 14.5. The number of hydrogen-bond donors (Lipinski definition) is 1. The highest BCUT2D eigenvalue weighted by molar-refractivity contribution is 6.36. The Hall–Kier alpha value is -4.15. The molecule has 1 N–H and O–H groups in total. The number of esters is 1. The molecule has 1 amide bonds. The van der Waals surface area contributed by atoms with Gasteiger partial charge >= 0.3 is 5.97 Å². The van der Waals surface area contributed by atoms with E-state index in [-0.39, 0.29) is 27.8 Å². The van der Waals surface area contributed by atoms with E-state index in [2.05, 4.69) is 10.5 Å². The predicted octanol–water partition coefficient (Wildman–Crippen LogP) is 5.44. The molecule has 0 aromatic heterocycles. The maximum absolute atomic E-state index is 12.6. The Morgan fingerprint density at radius 1 is 1.08 bits per heavy atom. The molecule has 0 spiro atoms. The minimum atomic E-state index is -0.918. The van der Waals surface area contributed by atoms with Crippen molar-refractivity contribution in [2.45, 2.75) is 20.0 Å². The number of non-ortho nitro benzene ring substituents is 1. The first-order chi connectivity index (χ1) is 17.7. The van der Waals surface area contributed by atoms with Crippen LogP contribution in [0.3, 0.4) is 0 Å². The Kier molecular flexibility index (Phi) is 9.42. The Balaban J connectivity index is 1.63. The van der Waals surface area contributed by atoms with E-state index in [9.17, 15) is 19.7 Å². The van der Waals surface area contributed by atoms with Crippen molar-refractivity contribution in [3.63, 3.8) is 0 Å². The van der Waals surface area contributed by atoms with Gasteiger partial charge in [0.15, 0.2) is 17.6 Å². The number of rotatable bonds is 10. The number of halogens is 2. The van der Waals surface area contributed by atoms with Gasteiger partial charge in [0.05, 0.1) is 28.3 Å². The lowest BCUT2D eigenvalue weighted by molar-refractivity contribution is -0.384. The number of nitro groups is 1. The van der Waals surface area contributed by atoms with E-state index in [0.29, 0.717) is 22.9 Å². The molecule has 37 heavy (non-hydrogen) atoms. The topological polar surface area (TPSA) is 129 Å². The predicted molar refractivity (Wildman–Crippen MR) is 138 cm³/mol. The lowest BCUT2D eigenvalue weighted by atomic mass is 10.2. The number of hydrogen-bond acceptors (Lipinski definition) is 8. The second-order valence-corrected chi connectivity index (χ2v) is 8.24. The van der Waals surface area contributed by atoms with E-state index in [1.807, 2.05) is 0 Å². The summed E-state index contributed by atoms with van der Waals surface area (Å²) in [7, 11) is 0. The molecule has 0 aliphatic rings. The number of hydrazone groups is 1. The summed E-state index contributed by atoms with van der Waals surface area (Å²) in [5.41, 5.74) is 2.97. The Labute approximate surface area is 221 Å². The second kappa shape index (κ2) is 12.7. The highest BCUT2D eigenvalue weighted by Crippen LogP contribution is 2.30. The second-order valence-electron chi connectivity index (χ2n) is 7.40. The van der Waals surface area contributed by atoms with E-state index in [0.717, 1.165) is 0 Å². The van der Waals surface area contributed by atoms with Gasteiger partial charge in [-0.15, -0.1) is 0 Å². The summed E-state index contributed by atoms with van der Waals surface area (Å²) < 4.78 is 16.5. The molecule has 0 saturated carbocycles. The number of amides is 1. The first kappa shape index (κ1) is 27.4. The van der Waals surface area contributed by atoms with Crippen molar-refractivity contribution in [2.75, 3.05) is 6.61 Å². The molecule has 0 radical (unpaired) electrons. The minimum Gasteiger partial charge on any atom is -0.490 e. The SMILES string of the molecule is CCOc1cc(/C=N/NC(=O)C(C)Oc2ccc([N+](=O)[O-])cc2)ccc1OC(=O)c1ccc(Cl)cc1Cl. The van der Waals surface area contributed by atoms with Crippen LogP contribution in [0.2, 0.25) is 10.0 Å². The van der Waals surface area contributed by atoms with E-state index < -0.39 is 22.9 Å². The fourth-order valence-corrected chi connectivity index (χ4v) is 3.42. The number of ether oxygens (including phenoxy) is 3. The van der Waals surface area contributed by atoms with Crippen LogP contribution in [0.5, 0.6) is 17.2 Å². The van der Waals surface area contributed by atoms with Gasteiger partial charge in [-0.3, -0.25) is 14.9 Å². The van der Waals surface area contributed by atoms with Crippen LogP contribution in [0.4, 0.5) is 5.69 Å². The van der Waals surface area contributed by atoms with E-state index >= 15 is 0 Å². The molecule has 3 rings (SSSR count). The fraction of sp³-hybridized carbons (Fsp3) is 0.160. The lowest BCUT2D eigenvalue weighted by Crippen LogP contribution is -2.33. The van der Waals surface area contributed by atoms with E-state index in [1.165, 1.54) is 61.7 Å². The molecule has 192 valence electrons. The van der Waals surface area contributed by atoms with Crippen molar-refractivity contribution in [3.05, 3.63) is 92.0 Å². The smallest absolute Gasteiger partial charge is 0.345 e. The van der Waals surface area contributed by atoms with Crippen molar-refractivity contribution in [1.82, 2.24) is 5.43 Å². The molecule has 0 aliphatic heterocycles. The zero-order chi connectivity index (χ0) is 26.9. The number of carbonyl (C=O) groups is 2. The highest BCUT2D eigenvalue weighted by Gasteiger charge is 2.17. The number of benzene rings is 3. The zero-order valence-electron chi connectivity index (χ0n) is 19.6. The quantitative estimate of drug-likeness (QED) is 0.118. The van der Waals surface area contributed by atoms with Gasteiger partial charge in [-0.1, -0.05) is 23.2 Å². The van der Waals surface area contributed by atoms with Gasteiger partial charge in [0, 0.05) is 17.2 Å². The number of nitro benzene ring substituents is 1. The van der Waals surface area contributed by atoms with Crippen LogP contribution in [-0.4, -0.2) is 35.7 Å². The molecule has 3 aromatic carbocycles. The standard InChI is InChI=1S/C25H21Cl2N3O7/c1-3-35-23-12-16(4-11-22(23)37-25(32)20-10-5-17(26)13-21(20)27)14-28-29-24(31)15(2)36-19-8-6-18(7-9-19)30(33)34/h4-15H,3H2,1-2H3,(H,29,31)/b28-14+. The third-order valence-electron chi connectivity index (χ3n) is 4.74. The first-order valence-corrected chi connectivity index (χ1v) is 11.6. The molecule has 0 heterocycles. The molecule has 10 nitrogen and oxygen atoms in total. The summed E-state index contributed by atoms with van der Waals surface area (Å²) in [4.78, 5) is 35.0. The van der Waals surface area contributed by atoms with E-state index in [1.54, 1.807) is 19.1 Å². The summed E-state index contributed by atoms with van der Waals surface area (Å²) in [5, 5.41) is 15.2. The normalized spacial score (nSPS) is 11.6. The Morgan fingerprint density at radius 2 is 1.81 bits per heavy atom. The maximum atomic E-state index is 12.6. The van der Waals surface area contributed by atoms with Gasteiger partial charge < -0.3 is 14.2 Å². The summed E-state index contributed by atoms with van der Waals surface area (Å²) in [5.74, 6) is -0.470. The number of carbonyl (C=O) groups excluding carboxylic acids is 2. The van der Waals surface area contributed by atoms with Crippen LogP contribution >= 0.6 is 23.2 Å². The average Bonchev–Trinajstić information content (AvgIpc) is 2.85. The van der Waals surface area contributed by atoms with Gasteiger partial charge in [0.1, 0.15) is 5.75 Å². The molecule has 0 aliphatic carbocycles. The Bertz CT molecular complexity index is 1330. The third kappa shape index (κ3) is 7.66. The van der Waals surface area contributed by atoms with Crippen LogP contribution in [0.1, 0.15) is 29.8 Å². The van der Waals surface area contributed by atoms with Crippen molar-refractivity contribution < 1.29 is 28.7 Å². The summed E-state index contributed by atoms with van der Waals surface area (Å²) in [6.07, 6.45) is 0.458. The van der Waals surface area contributed by atoms with Gasteiger partial charge in [-0.2, -0.15) is 5.10 Å². The van der Waals surface area contributed by atoms with Crippen molar-refractivity contribution >= 4 is 47.0 Å². The van der Waals surface area contributed by atoms with Crippen molar-refractivity contribution in [1.29, 1.82) is 0 Å². The van der Waals surface area contributed by atoms with Crippen molar-refractivity contribution in [2.24, 2.45) is 5.10 Å². The zero-order valence-corrected chi connectivity index (χ0v) is 21.2. The minimum absolute atomic E-state index is 0.0879. The molecule has 0 saturated heterocycles. The van der Waals surface area contributed by atoms with Crippen LogP contribution < -0.4 is 19.6 Å². The van der Waals surface area contributed by atoms with Gasteiger partial charge in [-0.05, 0) is 67.9 Å². The maximum Gasteiger partial charge on any atom is 0.345 e. The number of nitrogens with zero attached hydrogens (tertiary/aromatic N) is 2. The van der Waals surface area contributed by atoms with Crippen LogP contribution in [0.15, 0.2) is 65.8 Å². The lowest BCUT2D eigenvalue weighted by Gasteiger charge is -2.13. The van der Waals surface area contributed by atoms with Crippen LogP contribution in [-0.2, 0) is 4.79 Å². The number of nitrogens with one attached hydrogen (secondary N) is 1. The monoisotopic (exact) mass is 545 g/mol. The van der Waals surface area contributed by atoms with Gasteiger partial charge in [0.2, 0.25) is 0 Å².